The number of thiazole rings is 1. The minimum atomic E-state index is -0.196. The molecule has 0 spiro atoms. The molecule has 1 atom stereocenters. The van der Waals surface area contributed by atoms with Crippen LogP contribution in [-0.2, 0) is 4.79 Å². The number of likely N-dealkylation sites (tertiary alicyclic amines) is 1. The summed E-state index contributed by atoms with van der Waals surface area (Å²) in [4.78, 5) is 36.4. The summed E-state index contributed by atoms with van der Waals surface area (Å²) in [5, 5.41) is 5.31. The van der Waals surface area contributed by atoms with Crippen LogP contribution in [0, 0.1) is 5.92 Å². The molecule has 2 amide bonds. The third-order valence-corrected chi connectivity index (χ3v) is 6.95. The van der Waals surface area contributed by atoms with Crippen molar-refractivity contribution in [3.63, 3.8) is 0 Å². The van der Waals surface area contributed by atoms with Crippen LogP contribution in [0.25, 0.3) is 0 Å². The molecular formula is C23H31N5O2S. The van der Waals surface area contributed by atoms with Gasteiger partial charge in [-0.3, -0.25) is 14.5 Å². The van der Waals surface area contributed by atoms with Crippen LogP contribution in [0.4, 0.5) is 10.8 Å². The number of carbonyl (C=O) groups is 2. The predicted octanol–water partition coefficient (Wildman–Crippen LogP) is 3.16. The first kappa shape index (κ1) is 21.8. The summed E-state index contributed by atoms with van der Waals surface area (Å²) < 4.78 is 0. The van der Waals surface area contributed by atoms with E-state index >= 15 is 0 Å². The molecule has 2 aliphatic rings. The Balaban J connectivity index is 1.34. The molecule has 31 heavy (non-hydrogen) atoms. The number of carbonyl (C=O) groups excluding carboxylic acids is 2. The quantitative estimate of drug-likeness (QED) is 0.772. The monoisotopic (exact) mass is 441 g/mol. The van der Waals surface area contributed by atoms with Gasteiger partial charge >= 0.3 is 0 Å². The standard InChI is InChI=1S/C23H31N5O2S/c1-17(2)26-11-13-27(14-12-26)20-7-5-18(6-8-20)22(30)28-10-3-4-19(16-28)21(29)25-23-24-9-15-31-23/h5-9,15,17,19H,3-4,10-14,16H2,1-2H3,(H,24,25,29). The van der Waals surface area contributed by atoms with Crippen molar-refractivity contribution in [3.8, 4) is 0 Å². The maximum absolute atomic E-state index is 13.1. The van der Waals surface area contributed by atoms with E-state index in [4.69, 9.17) is 0 Å². The van der Waals surface area contributed by atoms with E-state index in [1.54, 1.807) is 6.20 Å². The zero-order valence-electron chi connectivity index (χ0n) is 18.3. The summed E-state index contributed by atoms with van der Waals surface area (Å²) in [5.74, 6) is -0.246. The molecule has 0 saturated carbocycles. The molecule has 0 radical (unpaired) electrons. The van der Waals surface area contributed by atoms with Gasteiger partial charge in [0.05, 0.1) is 5.92 Å². The van der Waals surface area contributed by atoms with Crippen molar-refractivity contribution in [1.29, 1.82) is 0 Å². The Labute approximate surface area is 188 Å². The highest BCUT2D eigenvalue weighted by Crippen LogP contribution is 2.23. The molecule has 2 fully saturated rings. The number of hydrogen-bond donors (Lipinski definition) is 1. The van der Waals surface area contributed by atoms with Crippen molar-refractivity contribution in [3.05, 3.63) is 41.4 Å². The second kappa shape index (κ2) is 9.78. The van der Waals surface area contributed by atoms with Gasteiger partial charge in [0.1, 0.15) is 0 Å². The van der Waals surface area contributed by atoms with Crippen LogP contribution in [0.5, 0.6) is 0 Å². The molecule has 2 aliphatic heterocycles. The number of piperidine rings is 1. The zero-order valence-corrected chi connectivity index (χ0v) is 19.1. The first-order chi connectivity index (χ1) is 15.0. The largest absolute Gasteiger partial charge is 0.369 e. The second-order valence-electron chi connectivity index (χ2n) is 8.58. The van der Waals surface area contributed by atoms with Gasteiger partial charge in [0, 0.05) is 68.1 Å². The summed E-state index contributed by atoms with van der Waals surface area (Å²) in [5.41, 5.74) is 1.85. The first-order valence-corrected chi connectivity index (χ1v) is 12.0. The van der Waals surface area contributed by atoms with Crippen molar-refractivity contribution < 1.29 is 9.59 Å². The smallest absolute Gasteiger partial charge is 0.253 e. The summed E-state index contributed by atoms with van der Waals surface area (Å²) >= 11 is 1.40. The van der Waals surface area contributed by atoms with Crippen LogP contribution < -0.4 is 10.2 Å². The molecule has 8 heteroatoms. The number of hydrogen-bond acceptors (Lipinski definition) is 6. The van der Waals surface area contributed by atoms with Gasteiger partial charge in [0.15, 0.2) is 5.13 Å². The van der Waals surface area contributed by atoms with Gasteiger partial charge in [0.25, 0.3) is 5.91 Å². The molecule has 0 bridgehead atoms. The lowest BCUT2D eigenvalue weighted by Gasteiger charge is -2.38. The van der Waals surface area contributed by atoms with E-state index in [1.165, 1.54) is 17.0 Å². The highest BCUT2D eigenvalue weighted by molar-refractivity contribution is 7.13. The number of benzene rings is 1. The molecule has 1 aromatic heterocycles. The molecule has 7 nitrogen and oxygen atoms in total. The van der Waals surface area contributed by atoms with E-state index < -0.39 is 0 Å². The van der Waals surface area contributed by atoms with Crippen LogP contribution in [0.2, 0.25) is 0 Å². The number of piperazine rings is 1. The Morgan fingerprint density at radius 2 is 1.84 bits per heavy atom. The molecule has 4 rings (SSSR count). The molecular weight excluding hydrogens is 410 g/mol. The molecule has 0 aliphatic carbocycles. The van der Waals surface area contributed by atoms with E-state index in [9.17, 15) is 9.59 Å². The van der Waals surface area contributed by atoms with Gasteiger partial charge in [-0.05, 0) is 51.0 Å². The van der Waals surface area contributed by atoms with Crippen molar-refractivity contribution in [2.24, 2.45) is 5.92 Å². The Morgan fingerprint density at radius 1 is 1.10 bits per heavy atom. The zero-order chi connectivity index (χ0) is 21.8. The molecule has 166 valence electrons. The van der Waals surface area contributed by atoms with Gasteiger partial charge in [-0.15, -0.1) is 11.3 Å². The van der Waals surface area contributed by atoms with E-state index in [2.05, 4.69) is 46.1 Å². The maximum Gasteiger partial charge on any atom is 0.253 e. The molecule has 3 heterocycles. The van der Waals surface area contributed by atoms with Crippen LogP contribution in [0.3, 0.4) is 0 Å². The van der Waals surface area contributed by atoms with Crippen LogP contribution in [0.15, 0.2) is 35.8 Å². The fourth-order valence-corrected chi connectivity index (χ4v) is 4.89. The van der Waals surface area contributed by atoms with E-state index in [-0.39, 0.29) is 17.7 Å². The lowest BCUT2D eigenvalue weighted by Crippen LogP contribution is -2.48. The van der Waals surface area contributed by atoms with Gasteiger partial charge in [0.2, 0.25) is 5.91 Å². The normalized spacial score (nSPS) is 20.2. The van der Waals surface area contributed by atoms with Gasteiger partial charge < -0.3 is 15.1 Å². The Morgan fingerprint density at radius 3 is 2.48 bits per heavy atom. The molecule has 1 aromatic carbocycles. The molecule has 1 unspecified atom stereocenters. The molecule has 1 N–H and O–H groups in total. The molecule has 2 aromatic rings. The van der Waals surface area contributed by atoms with Crippen molar-refractivity contribution >= 4 is 34.0 Å². The SMILES string of the molecule is CC(C)N1CCN(c2ccc(C(=O)N3CCCC(C(=O)Nc4nccs4)C3)cc2)CC1. The number of anilines is 2. The predicted molar refractivity (Wildman–Crippen MR) is 125 cm³/mol. The Kier molecular flexibility index (Phi) is 6.87. The average Bonchev–Trinajstić information content (AvgIpc) is 3.32. The Hall–Kier alpha value is -2.45. The fraction of sp³-hybridized carbons (Fsp3) is 0.522. The minimum Gasteiger partial charge on any atom is -0.369 e. The Bertz CT molecular complexity index is 876. The third-order valence-electron chi connectivity index (χ3n) is 6.27. The minimum absolute atomic E-state index is 0.00271. The summed E-state index contributed by atoms with van der Waals surface area (Å²) in [7, 11) is 0. The lowest BCUT2D eigenvalue weighted by atomic mass is 9.96. The van der Waals surface area contributed by atoms with Crippen LogP contribution in [0.1, 0.15) is 37.0 Å². The second-order valence-corrected chi connectivity index (χ2v) is 9.48. The number of amides is 2. The fourth-order valence-electron chi connectivity index (χ4n) is 4.36. The number of aromatic nitrogens is 1. The number of rotatable bonds is 5. The summed E-state index contributed by atoms with van der Waals surface area (Å²) in [6, 6.07) is 8.53. The van der Waals surface area contributed by atoms with Gasteiger partial charge in [-0.2, -0.15) is 0 Å². The van der Waals surface area contributed by atoms with E-state index in [0.717, 1.165) is 39.0 Å². The first-order valence-electron chi connectivity index (χ1n) is 11.1. The third kappa shape index (κ3) is 5.25. The summed E-state index contributed by atoms with van der Waals surface area (Å²) in [6.07, 6.45) is 3.30. The van der Waals surface area contributed by atoms with Crippen LogP contribution in [-0.4, -0.2) is 71.9 Å². The topological polar surface area (TPSA) is 68.8 Å². The highest BCUT2D eigenvalue weighted by Gasteiger charge is 2.29. The van der Waals surface area contributed by atoms with E-state index in [1.807, 2.05) is 22.4 Å². The van der Waals surface area contributed by atoms with Crippen molar-refractivity contribution in [2.45, 2.75) is 32.7 Å². The highest BCUT2D eigenvalue weighted by atomic mass is 32.1. The number of nitrogens with zero attached hydrogens (tertiary/aromatic N) is 4. The summed E-state index contributed by atoms with van der Waals surface area (Å²) in [6.45, 7) is 9.77. The van der Waals surface area contributed by atoms with Crippen LogP contribution >= 0.6 is 11.3 Å². The lowest BCUT2D eigenvalue weighted by molar-refractivity contribution is -0.121. The van der Waals surface area contributed by atoms with Crippen molar-refractivity contribution in [2.75, 3.05) is 49.5 Å². The molecule has 2 saturated heterocycles. The van der Waals surface area contributed by atoms with E-state index in [0.29, 0.717) is 29.8 Å². The number of nitrogens with one attached hydrogen (secondary N) is 1. The maximum atomic E-state index is 13.1. The van der Waals surface area contributed by atoms with Crippen molar-refractivity contribution in [1.82, 2.24) is 14.8 Å². The average molecular weight is 442 g/mol. The van der Waals surface area contributed by atoms with Gasteiger partial charge in [-0.25, -0.2) is 4.98 Å². The van der Waals surface area contributed by atoms with Gasteiger partial charge in [-0.1, -0.05) is 0 Å².